The highest BCUT2D eigenvalue weighted by atomic mass is 79.9. The number of carbonyl (C=O) groups excluding carboxylic acids is 2. The quantitative estimate of drug-likeness (QED) is 0.232. The van der Waals surface area contributed by atoms with Gasteiger partial charge in [0, 0.05) is 33.4 Å². The summed E-state index contributed by atoms with van der Waals surface area (Å²) in [6, 6.07) is 19.4. The minimum Gasteiger partial charge on any atom is -0.322 e. The molecule has 0 radical (unpaired) electrons. The van der Waals surface area contributed by atoms with E-state index in [4.69, 9.17) is 0 Å². The van der Waals surface area contributed by atoms with Crippen LogP contribution in [0.5, 0.6) is 0 Å². The van der Waals surface area contributed by atoms with E-state index in [0.29, 0.717) is 16.8 Å². The number of nitrogens with zero attached hydrogens (tertiary/aromatic N) is 1. The fraction of sp³-hybridized carbons (Fsp3) is 0. The van der Waals surface area contributed by atoms with Crippen LogP contribution in [0.3, 0.4) is 0 Å². The van der Waals surface area contributed by atoms with Crippen LogP contribution >= 0.6 is 15.9 Å². The molecule has 0 fully saturated rings. The molecule has 0 saturated heterocycles. The maximum atomic E-state index is 12.3. The largest absolute Gasteiger partial charge is 0.322 e. The molecule has 144 valence electrons. The van der Waals surface area contributed by atoms with Crippen molar-refractivity contribution in [2.75, 3.05) is 5.32 Å². The third-order valence-corrected chi connectivity index (χ3v) is 4.59. The van der Waals surface area contributed by atoms with E-state index in [1.807, 2.05) is 24.3 Å². The van der Waals surface area contributed by atoms with Crippen LogP contribution in [0.2, 0.25) is 0 Å². The Hall–Kier alpha value is -3.58. The maximum Gasteiger partial charge on any atom is 0.269 e. The van der Waals surface area contributed by atoms with E-state index in [1.165, 1.54) is 30.3 Å². The first-order chi connectivity index (χ1) is 13.9. The molecule has 0 unspecified atom stereocenters. The molecule has 3 aromatic carbocycles. The molecular weight excluding hydrogens is 436 g/mol. The van der Waals surface area contributed by atoms with E-state index < -0.39 is 10.8 Å². The molecule has 0 atom stereocenters. The second kappa shape index (κ2) is 9.07. The van der Waals surface area contributed by atoms with Gasteiger partial charge in [-0.1, -0.05) is 34.1 Å². The lowest BCUT2D eigenvalue weighted by Crippen LogP contribution is -2.11. The number of nitro groups is 1. The highest BCUT2D eigenvalue weighted by Crippen LogP contribution is 2.16. The molecule has 29 heavy (non-hydrogen) atoms. The smallest absolute Gasteiger partial charge is 0.269 e. The van der Waals surface area contributed by atoms with Crippen LogP contribution in [0.15, 0.2) is 83.3 Å². The molecule has 0 spiro atoms. The Labute approximate surface area is 175 Å². The number of nitro benzene ring substituents is 1. The number of benzene rings is 3. The van der Waals surface area contributed by atoms with Crippen molar-refractivity contribution < 1.29 is 14.5 Å². The van der Waals surface area contributed by atoms with Crippen molar-refractivity contribution in [1.82, 2.24) is 0 Å². The van der Waals surface area contributed by atoms with Crippen LogP contribution in [0.1, 0.15) is 26.3 Å². The number of halogens is 1. The SMILES string of the molecule is O=C(/C=C/c1ccc(Br)cc1)c1ccc(NC(=O)c2ccc([N+](=O)[O-])cc2)cc1. The van der Waals surface area contributed by atoms with Crippen molar-refractivity contribution in [1.29, 1.82) is 0 Å². The number of ketones is 1. The van der Waals surface area contributed by atoms with Crippen molar-refractivity contribution in [3.63, 3.8) is 0 Å². The number of nitrogens with one attached hydrogen (secondary N) is 1. The van der Waals surface area contributed by atoms with Gasteiger partial charge < -0.3 is 5.32 Å². The summed E-state index contributed by atoms with van der Waals surface area (Å²) in [5, 5.41) is 13.4. The molecule has 0 aliphatic carbocycles. The van der Waals surface area contributed by atoms with Crippen LogP contribution < -0.4 is 5.32 Å². The van der Waals surface area contributed by atoms with Gasteiger partial charge in [-0.15, -0.1) is 0 Å². The van der Waals surface area contributed by atoms with Gasteiger partial charge in [-0.3, -0.25) is 19.7 Å². The summed E-state index contributed by atoms with van der Waals surface area (Å²) in [5.74, 6) is -0.546. The van der Waals surface area contributed by atoms with Crippen molar-refractivity contribution in [2.24, 2.45) is 0 Å². The van der Waals surface area contributed by atoms with Crippen LogP contribution in [0.4, 0.5) is 11.4 Å². The summed E-state index contributed by atoms with van der Waals surface area (Å²) in [6.07, 6.45) is 3.23. The Kier molecular flexibility index (Phi) is 6.31. The summed E-state index contributed by atoms with van der Waals surface area (Å²) in [5.41, 5.74) is 2.14. The number of hydrogen-bond acceptors (Lipinski definition) is 4. The monoisotopic (exact) mass is 450 g/mol. The highest BCUT2D eigenvalue weighted by molar-refractivity contribution is 9.10. The Bertz CT molecular complexity index is 1070. The minimum atomic E-state index is -0.525. The molecule has 3 aromatic rings. The van der Waals surface area contributed by atoms with Crippen molar-refractivity contribution in [3.8, 4) is 0 Å². The predicted octanol–water partition coefficient (Wildman–Crippen LogP) is 5.51. The lowest BCUT2D eigenvalue weighted by molar-refractivity contribution is -0.384. The van der Waals surface area contributed by atoms with Crippen molar-refractivity contribution in [3.05, 3.63) is 110 Å². The van der Waals surface area contributed by atoms with E-state index in [-0.39, 0.29) is 11.5 Å². The van der Waals surface area contributed by atoms with Gasteiger partial charge in [-0.2, -0.15) is 0 Å². The van der Waals surface area contributed by atoms with E-state index in [9.17, 15) is 19.7 Å². The van der Waals surface area contributed by atoms with Gasteiger partial charge in [0.25, 0.3) is 11.6 Å². The third-order valence-electron chi connectivity index (χ3n) is 4.06. The summed E-state index contributed by atoms with van der Waals surface area (Å²) >= 11 is 3.36. The molecule has 6 nitrogen and oxygen atoms in total. The Balaban J connectivity index is 1.63. The summed E-state index contributed by atoms with van der Waals surface area (Å²) in [7, 11) is 0. The first-order valence-electron chi connectivity index (χ1n) is 8.56. The Morgan fingerprint density at radius 2 is 1.45 bits per heavy atom. The number of carbonyl (C=O) groups is 2. The third kappa shape index (κ3) is 5.46. The lowest BCUT2D eigenvalue weighted by Gasteiger charge is -2.06. The Morgan fingerprint density at radius 3 is 2.03 bits per heavy atom. The number of allylic oxidation sites excluding steroid dienone is 1. The standard InChI is InChI=1S/C22H15BrN2O4/c23-18-8-1-15(2-9-18)3-14-21(26)16-4-10-19(11-5-16)24-22(27)17-6-12-20(13-7-17)25(28)29/h1-14H,(H,24,27)/b14-3+. The molecule has 7 heteroatoms. The summed E-state index contributed by atoms with van der Waals surface area (Å²) in [4.78, 5) is 34.7. The Morgan fingerprint density at radius 1 is 0.862 bits per heavy atom. The van der Waals surface area contributed by atoms with Gasteiger partial charge in [0.05, 0.1) is 4.92 Å². The van der Waals surface area contributed by atoms with Crippen molar-refractivity contribution in [2.45, 2.75) is 0 Å². The average Bonchev–Trinajstić information content (AvgIpc) is 2.73. The number of rotatable bonds is 6. The van der Waals surface area contributed by atoms with Crippen LogP contribution in [0, 0.1) is 10.1 Å². The maximum absolute atomic E-state index is 12.3. The molecule has 1 N–H and O–H groups in total. The first-order valence-corrected chi connectivity index (χ1v) is 9.35. The molecule has 0 heterocycles. The van der Waals surface area contributed by atoms with E-state index in [2.05, 4.69) is 21.2 Å². The molecule has 0 aliphatic rings. The second-order valence-electron chi connectivity index (χ2n) is 6.08. The van der Waals surface area contributed by atoms with Gasteiger partial charge in [-0.25, -0.2) is 0 Å². The fourth-order valence-corrected chi connectivity index (χ4v) is 2.76. The normalized spacial score (nSPS) is 10.7. The first kappa shape index (κ1) is 20.2. The van der Waals surface area contributed by atoms with Crippen molar-refractivity contribution >= 4 is 45.1 Å². The summed E-state index contributed by atoms with van der Waals surface area (Å²) in [6.45, 7) is 0. The summed E-state index contributed by atoms with van der Waals surface area (Å²) < 4.78 is 0.965. The van der Waals surface area contributed by atoms with Crippen LogP contribution in [-0.4, -0.2) is 16.6 Å². The van der Waals surface area contributed by atoms with Gasteiger partial charge in [0.1, 0.15) is 0 Å². The van der Waals surface area contributed by atoms with Crippen LogP contribution in [0.25, 0.3) is 6.08 Å². The van der Waals surface area contributed by atoms with Gasteiger partial charge in [-0.05, 0) is 60.2 Å². The number of anilines is 1. The lowest BCUT2D eigenvalue weighted by atomic mass is 10.1. The zero-order valence-corrected chi connectivity index (χ0v) is 16.6. The highest BCUT2D eigenvalue weighted by Gasteiger charge is 2.10. The molecule has 1 amide bonds. The van der Waals surface area contributed by atoms with Gasteiger partial charge in [0.15, 0.2) is 5.78 Å². The number of hydrogen-bond donors (Lipinski definition) is 1. The molecular formula is C22H15BrN2O4. The van der Waals surface area contributed by atoms with Gasteiger partial charge in [0.2, 0.25) is 0 Å². The molecule has 3 rings (SSSR count). The molecule has 0 saturated carbocycles. The van der Waals surface area contributed by atoms with E-state index in [1.54, 1.807) is 30.3 Å². The molecule has 0 aliphatic heterocycles. The topological polar surface area (TPSA) is 89.3 Å². The second-order valence-corrected chi connectivity index (χ2v) is 7.00. The van der Waals surface area contributed by atoms with Crippen LogP contribution in [-0.2, 0) is 0 Å². The molecule has 0 bridgehead atoms. The number of amides is 1. The average molecular weight is 451 g/mol. The predicted molar refractivity (Wildman–Crippen MR) is 115 cm³/mol. The number of non-ortho nitro benzene ring substituents is 1. The minimum absolute atomic E-state index is 0.0828. The fourth-order valence-electron chi connectivity index (χ4n) is 2.50. The zero-order chi connectivity index (χ0) is 20.8. The van der Waals surface area contributed by atoms with E-state index >= 15 is 0 Å². The zero-order valence-electron chi connectivity index (χ0n) is 15.0. The molecule has 0 aromatic heterocycles. The van der Waals surface area contributed by atoms with Gasteiger partial charge >= 0.3 is 0 Å². The van der Waals surface area contributed by atoms with E-state index in [0.717, 1.165) is 10.0 Å².